The molecule has 112 valence electrons. The van der Waals surface area contributed by atoms with E-state index in [4.69, 9.17) is 0 Å². The van der Waals surface area contributed by atoms with Crippen molar-refractivity contribution >= 4 is 29.0 Å². The lowest BCUT2D eigenvalue weighted by atomic mass is 10.2. The number of hydrogen-bond donors (Lipinski definition) is 0. The topological polar surface area (TPSA) is 20.3 Å². The Balaban J connectivity index is 2.15. The fraction of sp³-hybridized carbons (Fsp3) is 0.267. The summed E-state index contributed by atoms with van der Waals surface area (Å²) < 4.78 is 25.0. The zero-order valence-corrected chi connectivity index (χ0v) is 13.1. The van der Waals surface area contributed by atoms with E-state index in [1.807, 2.05) is 37.3 Å². The molecule has 2 aromatic rings. The number of halogens is 2. The summed E-state index contributed by atoms with van der Waals surface area (Å²) in [6.45, 7) is 2.89. The van der Waals surface area contributed by atoms with E-state index >= 15 is 0 Å². The number of thiophene rings is 1. The average Bonchev–Trinajstić information content (AvgIpc) is 2.92. The number of thioether (sulfide) groups is 1. The van der Waals surface area contributed by atoms with Gasteiger partial charge >= 0.3 is 0 Å². The predicted octanol–water partition coefficient (Wildman–Crippen LogP) is 4.73. The minimum Gasteiger partial charge on any atom is -0.334 e. The van der Waals surface area contributed by atoms with Gasteiger partial charge in [0, 0.05) is 18.0 Å². The maximum atomic E-state index is 12.5. The molecule has 0 bridgehead atoms. The highest BCUT2D eigenvalue weighted by atomic mass is 32.2. The van der Waals surface area contributed by atoms with E-state index in [1.54, 1.807) is 16.3 Å². The first-order valence-electron chi connectivity index (χ1n) is 6.47. The molecule has 1 amide bonds. The van der Waals surface area contributed by atoms with Crippen LogP contribution in [0.2, 0.25) is 0 Å². The predicted molar refractivity (Wildman–Crippen MR) is 83.0 cm³/mol. The molecule has 0 saturated carbocycles. The van der Waals surface area contributed by atoms with Crippen molar-refractivity contribution in [2.24, 2.45) is 0 Å². The number of hydrogen-bond acceptors (Lipinski definition) is 3. The third-order valence-corrected chi connectivity index (χ3v) is 4.73. The maximum Gasteiger partial charge on any atom is 0.288 e. The molecule has 0 atom stereocenters. The summed E-state index contributed by atoms with van der Waals surface area (Å²) in [5, 5.41) is 1.67. The van der Waals surface area contributed by atoms with Gasteiger partial charge in [-0.1, -0.05) is 42.1 Å². The Hall–Kier alpha value is -1.40. The molecule has 0 aliphatic rings. The first kappa shape index (κ1) is 16.0. The average molecular weight is 327 g/mol. The third-order valence-electron chi connectivity index (χ3n) is 2.92. The second-order valence-corrected chi connectivity index (χ2v) is 6.25. The van der Waals surface area contributed by atoms with Crippen molar-refractivity contribution in [3.8, 4) is 0 Å². The molecule has 21 heavy (non-hydrogen) atoms. The highest BCUT2D eigenvalue weighted by molar-refractivity contribution is 7.99. The summed E-state index contributed by atoms with van der Waals surface area (Å²) in [5.41, 5.74) is 1.02. The first-order valence-corrected chi connectivity index (χ1v) is 8.23. The molecule has 1 aromatic carbocycles. The lowest BCUT2D eigenvalue weighted by molar-refractivity contribution is 0.0754. The Bertz CT molecular complexity index is 586. The molecular weight excluding hydrogens is 312 g/mol. The fourth-order valence-electron chi connectivity index (χ4n) is 1.92. The summed E-state index contributed by atoms with van der Waals surface area (Å²) in [4.78, 5) is 14.9. The molecule has 0 spiro atoms. The Labute approximate surface area is 130 Å². The molecule has 2 rings (SSSR count). The standard InChI is InChI=1S/C15H15F2NOS2/c1-2-18(10-11-6-4-3-5-7-11)14(19)13-12(8-9-20-13)21-15(16)17/h3-9,15H,2,10H2,1H3. The molecule has 0 saturated heterocycles. The molecule has 0 unspecified atom stereocenters. The number of carbonyl (C=O) groups excluding carboxylic acids is 1. The van der Waals surface area contributed by atoms with Crippen LogP contribution in [0.1, 0.15) is 22.2 Å². The van der Waals surface area contributed by atoms with Gasteiger partial charge in [0.2, 0.25) is 0 Å². The minimum atomic E-state index is -2.52. The third kappa shape index (κ3) is 4.28. The summed E-state index contributed by atoms with van der Waals surface area (Å²) in [7, 11) is 0. The van der Waals surface area contributed by atoms with Crippen molar-refractivity contribution in [3.05, 3.63) is 52.2 Å². The molecule has 1 heterocycles. The molecule has 0 N–H and O–H groups in total. The van der Waals surface area contributed by atoms with Crippen molar-refractivity contribution in [2.75, 3.05) is 6.54 Å². The number of amides is 1. The number of alkyl halides is 2. The summed E-state index contributed by atoms with van der Waals surface area (Å²) in [6, 6.07) is 11.2. The fourth-order valence-corrected chi connectivity index (χ4v) is 3.58. The Morgan fingerprint density at radius 3 is 2.62 bits per heavy atom. The SMILES string of the molecule is CCN(Cc1ccccc1)C(=O)c1sccc1SC(F)F. The van der Waals surface area contributed by atoms with Crippen LogP contribution in [0.5, 0.6) is 0 Å². The van der Waals surface area contributed by atoms with Crippen LogP contribution in [0.25, 0.3) is 0 Å². The summed E-state index contributed by atoms with van der Waals surface area (Å²) in [6.07, 6.45) is 0. The van der Waals surface area contributed by atoms with Crippen LogP contribution in [-0.2, 0) is 6.54 Å². The monoisotopic (exact) mass is 327 g/mol. The van der Waals surface area contributed by atoms with Gasteiger partial charge in [-0.25, -0.2) is 0 Å². The smallest absolute Gasteiger partial charge is 0.288 e. The van der Waals surface area contributed by atoms with Gasteiger partial charge in [-0.2, -0.15) is 8.78 Å². The normalized spacial score (nSPS) is 10.9. The lowest BCUT2D eigenvalue weighted by Crippen LogP contribution is -2.30. The van der Waals surface area contributed by atoms with E-state index in [1.165, 1.54) is 11.3 Å². The van der Waals surface area contributed by atoms with E-state index in [0.29, 0.717) is 34.6 Å². The van der Waals surface area contributed by atoms with Crippen LogP contribution in [-0.4, -0.2) is 23.1 Å². The molecule has 0 radical (unpaired) electrons. The maximum absolute atomic E-state index is 12.5. The minimum absolute atomic E-state index is 0.195. The molecule has 6 heteroatoms. The van der Waals surface area contributed by atoms with Crippen molar-refractivity contribution in [1.82, 2.24) is 4.90 Å². The van der Waals surface area contributed by atoms with E-state index in [0.717, 1.165) is 5.56 Å². The zero-order chi connectivity index (χ0) is 15.2. The second-order valence-electron chi connectivity index (χ2n) is 4.30. The van der Waals surface area contributed by atoms with Gasteiger partial charge in [-0.3, -0.25) is 4.79 Å². The van der Waals surface area contributed by atoms with Gasteiger partial charge in [-0.05, 0) is 23.9 Å². The number of carbonyl (C=O) groups is 1. The van der Waals surface area contributed by atoms with Crippen molar-refractivity contribution in [2.45, 2.75) is 24.1 Å². The van der Waals surface area contributed by atoms with E-state index in [2.05, 4.69) is 0 Å². The van der Waals surface area contributed by atoms with Gasteiger partial charge in [0.1, 0.15) is 4.88 Å². The van der Waals surface area contributed by atoms with Crippen molar-refractivity contribution in [1.29, 1.82) is 0 Å². The number of nitrogens with zero attached hydrogens (tertiary/aromatic N) is 1. The molecule has 0 aliphatic heterocycles. The summed E-state index contributed by atoms with van der Waals surface area (Å²) in [5.74, 6) is -2.71. The molecular formula is C15H15F2NOS2. The molecule has 2 nitrogen and oxygen atoms in total. The second kappa shape index (κ2) is 7.56. The summed E-state index contributed by atoms with van der Waals surface area (Å²) >= 11 is 1.63. The van der Waals surface area contributed by atoms with E-state index in [9.17, 15) is 13.6 Å². The van der Waals surface area contributed by atoms with Crippen LogP contribution in [0, 0.1) is 0 Å². The first-order chi connectivity index (χ1) is 10.1. The zero-order valence-electron chi connectivity index (χ0n) is 11.5. The largest absolute Gasteiger partial charge is 0.334 e. The van der Waals surface area contributed by atoms with Gasteiger partial charge in [0.05, 0.1) is 0 Å². The van der Waals surface area contributed by atoms with Gasteiger partial charge in [0.15, 0.2) is 0 Å². The van der Waals surface area contributed by atoms with Crippen molar-refractivity contribution in [3.63, 3.8) is 0 Å². The Morgan fingerprint density at radius 2 is 2.00 bits per heavy atom. The highest BCUT2D eigenvalue weighted by Gasteiger charge is 2.21. The van der Waals surface area contributed by atoms with Gasteiger partial charge < -0.3 is 4.90 Å². The van der Waals surface area contributed by atoms with Crippen molar-refractivity contribution < 1.29 is 13.6 Å². The number of rotatable bonds is 6. The van der Waals surface area contributed by atoms with Crippen LogP contribution in [0.4, 0.5) is 8.78 Å². The van der Waals surface area contributed by atoms with E-state index < -0.39 is 5.76 Å². The van der Waals surface area contributed by atoms with Gasteiger partial charge in [0.25, 0.3) is 11.7 Å². The molecule has 1 aromatic heterocycles. The van der Waals surface area contributed by atoms with Crippen LogP contribution in [0.3, 0.4) is 0 Å². The van der Waals surface area contributed by atoms with Gasteiger partial charge in [-0.15, -0.1) is 11.3 Å². The number of benzene rings is 1. The Kier molecular flexibility index (Phi) is 5.76. The Morgan fingerprint density at radius 1 is 1.29 bits per heavy atom. The lowest BCUT2D eigenvalue weighted by Gasteiger charge is -2.21. The quantitative estimate of drug-likeness (QED) is 0.715. The highest BCUT2D eigenvalue weighted by Crippen LogP contribution is 2.33. The van der Waals surface area contributed by atoms with Crippen LogP contribution >= 0.6 is 23.1 Å². The van der Waals surface area contributed by atoms with E-state index in [-0.39, 0.29) is 5.91 Å². The molecule has 0 fully saturated rings. The van der Waals surface area contributed by atoms with Crippen LogP contribution < -0.4 is 0 Å². The van der Waals surface area contributed by atoms with Crippen LogP contribution in [0.15, 0.2) is 46.7 Å². The molecule has 0 aliphatic carbocycles.